The second-order valence-electron chi connectivity index (χ2n) is 6.18. The van der Waals surface area contributed by atoms with Crippen LogP contribution in [0.3, 0.4) is 0 Å². The van der Waals surface area contributed by atoms with E-state index in [9.17, 15) is 4.79 Å². The van der Waals surface area contributed by atoms with Gasteiger partial charge in [-0.1, -0.05) is 32.4 Å². The van der Waals surface area contributed by atoms with Crippen molar-refractivity contribution in [3.63, 3.8) is 0 Å². The summed E-state index contributed by atoms with van der Waals surface area (Å²) in [5, 5.41) is 2.95. The lowest BCUT2D eigenvalue weighted by Crippen LogP contribution is -2.29. The minimum absolute atomic E-state index is 0.101. The molecule has 1 saturated heterocycles. The van der Waals surface area contributed by atoms with Crippen molar-refractivity contribution in [1.82, 2.24) is 4.90 Å². The molecule has 0 atom stereocenters. The highest BCUT2D eigenvalue weighted by Crippen LogP contribution is 2.15. The van der Waals surface area contributed by atoms with Gasteiger partial charge in [0.15, 0.2) is 0 Å². The summed E-state index contributed by atoms with van der Waals surface area (Å²) in [7, 11) is 0. The molecule has 1 aromatic carbocycles. The van der Waals surface area contributed by atoms with Gasteiger partial charge in [-0.3, -0.25) is 9.69 Å². The number of hydrogen-bond donors (Lipinski definition) is 1. The van der Waals surface area contributed by atoms with Gasteiger partial charge in [0.2, 0.25) is 5.91 Å². The number of carbonyl (C=O) groups excluding carboxylic acids is 1. The van der Waals surface area contributed by atoms with E-state index in [0.717, 1.165) is 12.2 Å². The molecule has 1 aliphatic heterocycles. The van der Waals surface area contributed by atoms with E-state index >= 15 is 0 Å². The molecule has 0 unspecified atom stereocenters. The van der Waals surface area contributed by atoms with Crippen molar-refractivity contribution >= 4 is 11.6 Å². The van der Waals surface area contributed by atoms with Crippen molar-refractivity contribution in [2.45, 2.75) is 46.1 Å². The Labute approximate surface area is 122 Å². The van der Waals surface area contributed by atoms with Crippen LogP contribution in [0.15, 0.2) is 24.3 Å². The van der Waals surface area contributed by atoms with E-state index in [4.69, 9.17) is 0 Å². The Morgan fingerprint density at radius 3 is 2.40 bits per heavy atom. The number of benzene rings is 1. The first-order valence-electron chi connectivity index (χ1n) is 7.74. The Kier molecular flexibility index (Phi) is 5.60. The lowest BCUT2D eigenvalue weighted by atomic mass is 10.1. The predicted octanol–water partition coefficient (Wildman–Crippen LogP) is 3.66. The van der Waals surface area contributed by atoms with Crippen molar-refractivity contribution in [2.75, 3.05) is 18.4 Å². The van der Waals surface area contributed by atoms with Gasteiger partial charge in [-0.15, -0.1) is 0 Å². The summed E-state index contributed by atoms with van der Waals surface area (Å²) in [6.45, 7) is 7.57. The van der Waals surface area contributed by atoms with Gasteiger partial charge < -0.3 is 5.32 Å². The van der Waals surface area contributed by atoms with Gasteiger partial charge in [-0.2, -0.15) is 0 Å². The molecule has 1 aliphatic rings. The number of likely N-dealkylation sites (tertiary alicyclic amines) is 1. The van der Waals surface area contributed by atoms with Crippen molar-refractivity contribution in [1.29, 1.82) is 0 Å². The number of piperidine rings is 1. The third-order valence-corrected chi connectivity index (χ3v) is 3.69. The van der Waals surface area contributed by atoms with Crippen molar-refractivity contribution < 1.29 is 4.79 Å². The Balaban J connectivity index is 1.84. The molecular formula is C17H26N2O. The zero-order chi connectivity index (χ0) is 14.4. The number of carbonyl (C=O) groups is 1. The Hall–Kier alpha value is -1.35. The van der Waals surface area contributed by atoms with Gasteiger partial charge in [0.05, 0.1) is 0 Å². The second-order valence-corrected chi connectivity index (χ2v) is 6.18. The molecule has 20 heavy (non-hydrogen) atoms. The molecule has 110 valence electrons. The van der Waals surface area contributed by atoms with Crippen LogP contribution in [-0.4, -0.2) is 23.9 Å². The molecule has 0 saturated carbocycles. The number of anilines is 1. The van der Waals surface area contributed by atoms with E-state index in [1.165, 1.54) is 37.9 Å². The zero-order valence-electron chi connectivity index (χ0n) is 12.7. The highest BCUT2D eigenvalue weighted by molar-refractivity contribution is 5.90. The Morgan fingerprint density at radius 1 is 1.15 bits per heavy atom. The van der Waals surface area contributed by atoms with Crippen LogP contribution in [0.5, 0.6) is 0 Å². The van der Waals surface area contributed by atoms with E-state index in [2.05, 4.69) is 36.2 Å². The molecule has 1 N–H and O–H groups in total. The van der Waals surface area contributed by atoms with Gasteiger partial charge in [0.25, 0.3) is 0 Å². The summed E-state index contributed by atoms with van der Waals surface area (Å²) in [4.78, 5) is 14.2. The van der Waals surface area contributed by atoms with Crippen LogP contribution < -0.4 is 5.32 Å². The summed E-state index contributed by atoms with van der Waals surface area (Å²) in [6.07, 6.45) is 4.60. The van der Waals surface area contributed by atoms with E-state index in [0.29, 0.717) is 12.3 Å². The molecule has 2 rings (SSSR count). The molecule has 0 spiro atoms. The van der Waals surface area contributed by atoms with Crippen LogP contribution in [-0.2, 0) is 11.3 Å². The van der Waals surface area contributed by atoms with Crippen LogP contribution in [0, 0.1) is 5.92 Å². The number of nitrogens with zero attached hydrogens (tertiary/aromatic N) is 1. The smallest absolute Gasteiger partial charge is 0.224 e. The maximum Gasteiger partial charge on any atom is 0.224 e. The summed E-state index contributed by atoms with van der Waals surface area (Å²) in [5.74, 6) is 0.497. The monoisotopic (exact) mass is 274 g/mol. The van der Waals surface area contributed by atoms with Gasteiger partial charge in [-0.05, 0) is 49.5 Å². The lowest BCUT2D eigenvalue weighted by molar-refractivity contribution is -0.116. The summed E-state index contributed by atoms with van der Waals surface area (Å²) in [6, 6.07) is 8.27. The van der Waals surface area contributed by atoms with Gasteiger partial charge >= 0.3 is 0 Å². The fourth-order valence-electron chi connectivity index (χ4n) is 2.65. The Morgan fingerprint density at radius 2 is 1.80 bits per heavy atom. The van der Waals surface area contributed by atoms with Crippen LogP contribution in [0.25, 0.3) is 0 Å². The molecular weight excluding hydrogens is 248 g/mol. The lowest BCUT2D eigenvalue weighted by Gasteiger charge is -2.26. The van der Waals surface area contributed by atoms with E-state index in [-0.39, 0.29) is 5.91 Å². The number of amides is 1. The summed E-state index contributed by atoms with van der Waals surface area (Å²) >= 11 is 0. The van der Waals surface area contributed by atoms with Crippen molar-refractivity contribution in [2.24, 2.45) is 5.92 Å². The van der Waals surface area contributed by atoms with Crippen LogP contribution in [0.4, 0.5) is 5.69 Å². The zero-order valence-corrected chi connectivity index (χ0v) is 12.7. The molecule has 0 bridgehead atoms. The first-order chi connectivity index (χ1) is 9.63. The molecule has 3 heteroatoms. The summed E-state index contributed by atoms with van der Waals surface area (Å²) < 4.78 is 0. The maximum absolute atomic E-state index is 11.7. The second kappa shape index (κ2) is 7.44. The average molecular weight is 274 g/mol. The highest BCUT2D eigenvalue weighted by Gasteiger charge is 2.10. The van der Waals surface area contributed by atoms with Gasteiger partial charge in [-0.25, -0.2) is 0 Å². The van der Waals surface area contributed by atoms with Crippen LogP contribution >= 0.6 is 0 Å². The molecule has 1 amide bonds. The summed E-state index contributed by atoms with van der Waals surface area (Å²) in [5.41, 5.74) is 2.23. The third kappa shape index (κ3) is 4.97. The first kappa shape index (κ1) is 15.0. The van der Waals surface area contributed by atoms with Crippen molar-refractivity contribution in [3.8, 4) is 0 Å². The highest BCUT2D eigenvalue weighted by atomic mass is 16.1. The maximum atomic E-state index is 11.7. The van der Waals surface area contributed by atoms with E-state index in [1.54, 1.807) is 0 Å². The number of nitrogens with one attached hydrogen (secondary N) is 1. The molecule has 3 nitrogen and oxygen atoms in total. The topological polar surface area (TPSA) is 32.3 Å². The molecule has 0 radical (unpaired) electrons. The van der Waals surface area contributed by atoms with E-state index < -0.39 is 0 Å². The Bertz CT molecular complexity index is 419. The molecule has 0 aromatic heterocycles. The fourth-order valence-corrected chi connectivity index (χ4v) is 2.65. The number of rotatable bonds is 5. The standard InChI is InChI=1S/C17H26N2O/c1-14(2)12-17(20)18-16-8-6-15(7-9-16)13-19-10-4-3-5-11-19/h6-9,14H,3-5,10-13H2,1-2H3,(H,18,20). The van der Waals surface area contributed by atoms with Crippen LogP contribution in [0.1, 0.15) is 45.1 Å². The normalized spacial score (nSPS) is 16.4. The van der Waals surface area contributed by atoms with Gasteiger partial charge in [0.1, 0.15) is 0 Å². The van der Waals surface area contributed by atoms with Gasteiger partial charge in [0, 0.05) is 18.7 Å². The molecule has 1 heterocycles. The number of hydrogen-bond acceptors (Lipinski definition) is 2. The first-order valence-corrected chi connectivity index (χ1v) is 7.74. The molecule has 0 aliphatic carbocycles. The van der Waals surface area contributed by atoms with Crippen LogP contribution in [0.2, 0.25) is 0 Å². The fraction of sp³-hybridized carbons (Fsp3) is 0.588. The molecule has 1 aromatic rings. The third-order valence-electron chi connectivity index (χ3n) is 3.69. The SMILES string of the molecule is CC(C)CC(=O)Nc1ccc(CN2CCCCC2)cc1. The molecule has 1 fully saturated rings. The minimum atomic E-state index is 0.101. The minimum Gasteiger partial charge on any atom is -0.326 e. The van der Waals surface area contributed by atoms with E-state index in [1.807, 2.05) is 12.1 Å². The largest absolute Gasteiger partial charge is 0.326 e. The quantitative estimate of drug-likeness (QED) is 0.888. The van der Waals surface area contributed by atoms with Crippen molar-refractivity contribution in [3.05, 3.63) is 29.8 Å². The average Bonchev–Trinajstić information content (AvgIpc) is 2.41. The predicted molar refractivity (Wildman–Crippen MR) is 83.7 cm³/mol.